The van der Waals surface area contributed by atoms with E-state index < -0.39 is 0 Å². The molecule has 0 amide bonds. The normalized spacial score (nSPS) is 10.7. The average Bonchev–Trinajstić information content (AvgIpc) is 2.28. The summed E-state index contributed by atoms with van der Waals surface area (Å²) in [5.41, 5.74) is 3.44. The highest BCUT2D eigenvalue weighted by molar-refractivity contribution is 6.30. The van der Waals surface area contributed by atoms with E-state index in [1.54, 1.807) is 6.07 Å². The van der Waals surface area contributed by atoms with Crippen molar-refractivity contribution in [3.05, 3.63) is 46.0 Å². The van der Waals surface area contributed by atoms with Crippen LogP contribution in [0.25, 0.3) is 11.4 Å². The second-order valence-electron chi connectivity index (χ2n) is 4.21. The molecule has 0 spiro atoms. The molecule has 1 aromatic heterocycles. The minimum absolute atomic E-state index is 0.260. The summed E-state index contributed by atoms with van der Waals surface area (Å²) in [5.74, 6) is 0.288. The Morgan fingerprint density at radius 3 is 2.50 bits per heavy atom. The Morgan fingerprint density at radius 2 is 1.94 bits per heavy atom. The molecule has 0 bridgehead atoms. The van der Waals surface area contributed by atoms with Crippen molar-refractivity contribution in [2.75, 3.05) is 0 Å². The van der Waals surface area contributed by atoms with Crippen LogP contribution in [0.4, 0.5) is 4.39 Å². The van der Waals surface area contributed by atoms with Gasteiger partial charge in [-0.25, -0.2) is 14.4 Å². The highest BCUT2D eigenvalue weighted by Gasteiger charge is 2.11. The first kappa shape index (κ1) is 13.0. The first-order valence-corrected chi connectivity index (χ1v) is 6.20. The van der Waals surface area contributed by atoms with Crippen LogP contribution in [0.3, 0.4) is 0 Å². The third-order valence-corrected chi connectivity index (χ3v) is 3.26. The van der Waals surface area contributed by atoms with Crippen LogP contribution in [-0.2, 0) is 6.42 Å². The van der Waals surface area contributed by atoms with E-state index in [4.69, 9.17) is 11.6 Å². The molecule has 0 radical (unpaired) electrons. The average molecular weight is 265 g/mol. The topological polar surface area (TPSA) is 25.8 Å². The third-order valence-electron chi connectivity index (χ3n) is 2.95. The van der Waals surface area contributed by atoms with Gasteiger partial charge in [-0.3, -0.25) is 0 Å². The molecule has 2 aromatic rings. The van der Waals surface area contributed by atoms with Gasteiger partial charge in [0.05, 0.1) is 0 Å². The van der Waals surface area contributed by atoms with Gasteiger partial charge < -0.3 is 0 Å². The molecule has 0 aliphatic heterocycles. The van der Waals surface area contributed by atoms with E-state index >= 15 is 0 Å². The van der Waals surface area contributed by atoms with Crippen molar-refractivity contribution in [2.45, 2.75) is 27.2 Å². The van der Waals surface area contributed by atoms with Crippen molar-refractivity contribution in [3.8, 4) is 11.4 Å². The number of benzene rings is 1. The lowest BCUT2D eigenvalue weighted by Crippen LogP contribution is -2.00. The first-order valence-electron chi connectivity index (χ1n) is 5.82. The van der Waals surface area contributed by atoms with Crippen LogP contribution in [0.1, 0.15) is 23.7 Å². The minimum atomic E-state index is -0.260. The van der Waals surface area contributed by atoms with Gasteiger partial charge >= 0.3 is 0 Å². The predicted molar refractivity (Wildman–Crippen MR) is 71.3 cm³/mol. The number of hydrogen-bond acceptors (Lipinski definition) is 2. The van der Waals surface area contributed by atoms with E-state index in [2.05, 4.69) is 9.97 Å². The van der Waals surface area contributed by atoms with Crippen molar-refractivity contribution in [1.82, 2.24) is 9.97 Å². The predicted octanol–water partition coefficient (Wildman–Crippen LogP) is 4.12. The van der Waals surface area contributed by atoms with Crippen LogP contribution in [0, 0.1) is 19.7 Å². The Hall–Kier alpha value is -1.48. The summed E-state index contributed by atoms with van der Waals surface area (Å²) in [5, 5.41) is 0.476. The van der Waals surface area contributed by atoms with Crippen LogP contribution in [0.2, 0.25) is 5.15 Å². The molecule has 94 valence electrons. The SMILES string of the molecule is CCc1c(C)nc(-c2ccc(F)cc2C)nc1Cl. The van der Waals surface area contributed by atoms with Crippen molar-refractivity contribution in [1.29, 1.82) is 0 Å². The van der Waals surface area contributed by atoms with E-state index in [1.807, 2.05) is 20.8 Å². The quantitative estimate of drug-likeness (QED) is 0.763. The summed E-state index contributed by atoms with van der Waals surface area (Å²) in [4.78, 5) is 8.74. The Labute approximate surface area is 111 Å². The molecule has 0 aliphatic carbocycles. The number of aromatic nitrogens is 2. The van der Waals surface area contributed by atoms with Gasteiger partial charge in [0.15, 0.2) is 5.82 Å². The fourth-order valence-electron chi connectivity index (χ4n) is 1.96. The molecule has 0 saturated carbocycles. The zero-order chi connectivity index (χ0) is 13.3. The monoisotopic (exact) mass is 264 g/mol. The molecule has 2 rings (SSSR count). The van der Waals surface area contributed by atoms with Gasteiger partial charge in [-0.2, -0.15) is 0 Å². The van der Waals surface area contributed by atoms with Gasteiger partial charge in [-0.15, -0.1) is 0 Å². The maximum atomic E-state index is 13.1. The number of halogens is 2. The van der Waals surface area contributed by atoms with E-state index in [0.717, 1.165) is 28.8 Å². The van der Waals surface area contributed by atoms with Crippen LogP contribution in [-0.4, -0.2) is 9.97 Å². The number of hydrogen-bond donors (Lipinski definition) is 0. The van der Waals surface area contributed by atoms with Gasteiger partial charge in [-0.1, -0.05) is 18.5 Å². The van der Waals surface area contributed by atoms with E-state index in [-0.39, 0.29) is 5.82 Å². The Kier molecular flexibility index (Phi) is 3.62. The van der Waals surface area contributed by atoms with Gasteiger partial charge in [0, 0.05) is 16.8 Å². The van der Waals surface area contributed by atoms with Crippen molar-refractivity contribution >= 4 is 11.6 Å². The zero-order valence-electron chi connectivity index (χ0n) is 10.6. The molecule has 1 aromatic carbocycles. The molecule has 0 fully saturated rings. The van der Waals surface area contributed by atoms with E-state index in [0.29, 0.717) is 11.0 Å². The minimum Gasteiger partial charge on any atom is -0.233 e. The standard InChI is InChI=1S/C14H14ClFN2/c1-4-11-9(3)17-14(18-13(11)15)12-6-5-10(16)7-8(12)2/h5-7H,4H2,1-3H3. The van der Waals surface area contributed by atoms with Crippen LogP contribution in [0.15, 0.2) is 18.2 Å². The summed E-state index contributed by atoms with van der Waals surface area (Å²) in [6.45, 7) is 5.76. The Balaban J connectivity index is 2.58. The molecule has 0 N–H and O–H groups in total. The van der Waals surface area contributed by atoms with Crippen molar-refractivity contribution in [2.24, 2.45) is 0 Å². The number of rotatable bonds is 2. The lowest BCUT2D eigenvalue weighted by Gasteiger charge is -2.09. The molecule has 0 unspecified atom stereocenters. The van der Waals surface area contributed by atoms with E-state index in [1.165, 1.54) is 12.1 Å². The zero-order valence-corrected chi connectivity index (χ0v) is 11.3. The van der Waals surface area contributed by atoms with E-state index in [9.17, 15) is 4.39 Å². The lowest BCUT2D eigenvalue weighted by atomic mass is 10.1. The molecule has 1 heterocycles. The summed E-state index contributed by atoms with van der Waals surface area (Å²) in [6.07, 6.45) is 0.799. The summed E-state index contributed by atoms with van der Waals surface area (Å²) in [6, 6.07) is 4.56. The first-order chi connectivity index (χ1) is 8.52. The van der Waals surface area contributed by atoms with Crippen molar-refractivity contribution < 1.29 is 4.39 Å². The molecule has 0 aliphatic rings. The third kappa shape index (κ3) is 2.36. The van der Waals surface area contributed by atoms with Crippen molar-refractivity contribution in [3.63, 3.8) is 0 Å². The van der Waals surface area contributed by atoms with Gasteiger partial charge in [0.1, 0.15) is 11.0 Å². The van der Waals surface area contributed by atoms with Gasteiger partial charge in [0.25, 0.3) is 0 Å². The summed E-state index contributed by atoms with van der Waals surface area (Å²) >= 11 is 6.14. The summed E-state index contributed by atoms with van der Waals surface area (Å²) < 4.78 is 13.1. The van der Waals surface area contributed by atoms with Crippen LogP contribution in [0.5, 0.6) is 0 Å². The van der Waals surface area contributed by atoms with Crippen LogP contribution < -0.4 is 0 Å². The van der Waals surface area contributed by atoms with Gasteiger partial charge in [-0.05, 0) is 44.0 Å². The molecule has 2 nitrogen and oxygen atoms in total. The van der Waals surface area contributed by atoms with Gasteiger partial charge in [0.2, 0.25) is 0 Å². The summed E-state index contributed by atoms with van der Waals surface area (Å²) in [7, 11) is 0. The molecular weight excluding hydrogens is 251 g/mol. The number of aryl methyl sites for hydroxylation is 2. The molecular formula is C14H14ClFN2. The second-order valence-corrected chi connectivity index (χ2v) is 4.57. The van der Waals surface area contributed by atoms with Crippen LogP contribution >= 0.6 is 11.6 Å². The Morgan fingerprint density at radius 1 is 1.22 bits per heavy atom. The highest BCUT2D eigenvalue weighted by Crippen LogP contribution is 2.25. The molecule has 0 atom stereocenters. The molecule has 0 saturated heterocycles. The largest absolute Gasteiger partial charge is 0.233 e. The number of nitrogens with zero attached hydrogens (tertiary/aromatic N) is 2. The smallest absolute Gasteiger partial charge is 0.161 e. The maximum absolute atomic E-state index is 13.1. The Bertz CT molecular complexity index is 573. The maximum Gasteiger partial charge on any atom is 0.161 e. The second kappa shape index (κ2) is 5.02. The fraction of sp³-hybridized carbons (Fsp3) is 0.286. The fourth-order valence-corrected chi connectivity index (χ4v) is 2.31. The molecule has 4 heteroatoms. The highest BCUT2D eigenvalue weighted by atomic mass is 35.5. The lowest BCUT2D eigenvalue weighted by molar-refractivity contribution is 0.627. The molecule has 18 heavy (non-hydrogen) atoms.